The summed E-state index contributed by atoms with van der Waals surface area (Å²) in [6, 6.07) is 0. The third-order valence-electron chi connectivity index (χ3n) is 1.03. The van der Waals surface area contributed by atoms with Gasteiger partial charge < -0.3 is 0 Å². The maximum Gasteiger partial charge on any atom is 0.153 e. The van der Waals surface area contributed by atoms with Crippen LogP contribution in [0.4, 0.5) is 0 Å². The first kappa shape index (κ1) is 3.34. The molecule has 0 spiro atoms. The van der Waals surface area contributed by atoms with E-state index in [4.69, 9.17) is 4.11 Å². The molecule has 3 heteroatoms. The fourth-order valence-corrected chi connectivity index (χ4v) is 0.540. The number of aromatic nitrogens is 3. The first-order chi connectivity index (χ1) is 5.41. The van der Waals surface area contributed by atoms with Crippen molar-refractivity contribution >= 4 is 0 Å². The summed E-state index contributed by atoms with van der Waals surface area (Å²) in [6.45, 7) is 1.62. The molecule has 50 valence electrons. The van der Waals surface area contributed by atoms with Crippen LogP contribution in [-0.4, -0.2) is 14.8 Å². The fourth-order valence-electron chi connectivity index (χ4n) is 0.540. The largest absolute Gasteiger partial charge is 0.256 e. The van der Waals surface area contributed by atoms with Gasteiger partial charge in [-0.15, -0.1) is 0 Å². The van der Waals surface area contributed by atoms with Crippen LogP contribution < -0.4 is 0 Å². The van der Waals surface area contributed by atoms with E-state index in [1.807, 2.05) is 13.8 Å². The molecule has 0 N–H and O–H groups in total. The van der Waals surface area contributed by atoms with Crippen molar-refractivity contribution < 1.29 is 4.11 Å². The Morgan fingerprint density at radius 3 is 2.89 bits per heavy atom. The highest BCUT2D eigenvalue weighted by Gasteiger charge is 2.01. The number of hydrogen-bond acceptors (Lipinski definition) is 2. The molecule has 3 nitrogen and oxygen atoms in total. The Hall–Kier alpha value is -0.860. The summed E-state index contributed by atoms with van der Waals surface area (Å²) in [5, 5.41) is 3.82. The van der Waals surface area contributed by atoms with E-state index in [9.17, 15) is 0 Å². The van der Waals surface area contributed by atoms with Crippen LogP contribution in [0.5, 0.6) is 0 Å². The maximum absolute atomic E-state index is 7.02. The molecule has 0 aliphatic heterocycles. The Labute approximate surface area is 58.9 Å². The van der Waals surface area contributed by atoms with Crippen LogP contribution >= 0.6 is 0 Å². The highest BCUT2D eigenvalue weighted by molar-refractivity contribution is 4.87. The molecule has 9 heavy (non-hydrogen) atoms. The second-order valence-corrected chi connectivity index (χ2v) is 2.20. The predicted molar refractivity (Wildman–Crippen MR) is 35.1 cm³/mol. The molecule has 1 rings (SSSR count). The smallest absolute Gasteiger partial charge is 0.153 e. The van der Waals surface area contributed by atoms with Gasteiger partial charge in [0.05, 0.1) is 0 Å². The van der Waals surface area contributed by atoms with Crippen LogP contribution in [0.2, 0.25) is 0 Å². The fraction of sp³-hybridized carbons (Fsp3) is 0.667. The molecule has 1 aromatic heterocycles. The third kappa shape index (κ3) is 1.28. The topological polar surface area (TPSA) is 30.7 Å². The number of rotatable bonds is 1. The molecule has 0 fully saturated rings. The lowest BCUT2D eigenvalue weighted by Gasteiger charge is -1.93. The first-order valence-electron chi connectivity index (χ1n) is 4.33. The lowest BCUT2D eigenvalue weighted by molar-refractivity contribution is 0.709. The molecule has 0 amide bonds. The summed E-state index contributed by atoms with van der Waals surface area (Å²) in [7, 11) is 0. The molecule has 0 saturated heterocycles. The van der Waals surface area contributed by atoms with Crippen LogP contribution in [0.15, 0.2) is 6.33 Å². The minimum Gasteiger partial charge on any atom is -0.256 e. The van der Waals surface area contributed by atoms with Crippen molar-refractivity contribution in [2.24, 2.45) is 6.98 Å². The standard InChI is InChI=1S/C6H11N3/c1-5(2)6-7-4-9(3)8-6/h4-5H,1-3H3/i3D3. The maximum atomic E-state index is 7.02. The Morgan fingerprint density at radius 1 is 1.78 bits per heavy atom. The van der Waals surface area contributed by atoms with Crippen LogP contribution in [-0.2, 0) is 6.98 Å². The van der Waals surface area contributed by atoms with Gasteiger partial charge in [0.25, 0.3) is 0 Å². The van der Waals surface area contributed by atoms with Crippen molar-refractivity contribution in [1.82, 2.24) is 14.8 Å². The summed E-state index contributed by atoms with van der Waals surface area (Å²) < 4.78 is 22.0. The van der Waals surface area contributed by atoms with Crippen molar-refractivity contribution in [2.45, 2.75) is 19.8 Å². The molecule has 0 aromatic carbocycles. The Balaban J connectivity index is 2.92. The summed E-state index contributed by atoms with van der Waals surface area (Å²) in [6.07, 6.45) is 1.24. The Morgan fingerprint density at radius 2 is 2.56 bits per heavy atom. The molecule has 1 aromatic rings. The molecule has 0 aliphatic carbocycles. The molecule has 0 radical (unpaired) electrons. The Kier molecular flexibility index (Phi) is 0.806. The van der Waals surface area contributed by atoms with E-state index in [1.165, 1.54) is 6.33 Å². The second kappa shape index (κ2) is 2.17. The van der Waals surface area contributed by atoms with Gasteiger partial charge in [-0.1, -0.05) is 13.8 Å². The quantitative estimate of drug-likeness (QED) is 0.563. The summed E-state index contributed by atoms with van der Waals surface area (Å²) >= 11 is 0. The highest BCUT2D eigenvalue weighted by atomic mass is 15.3. The zero-order valence-corrected chi connectivity index (χ0v) is 5.50. The molecular formula is C6H11N3. The lowest BCUT2D eigenvalue weighted by atomic mass is 10.2. The molecular weight excluding hydrogens is 114 g/mol. The van der Waals surface area contributed by atoms with Gasteiger partial charge in [-0.2, -0.15) is 5.10 Å². The number of nitrogens with zero attached hydrogens (tertiary/aromatic N) is 3. The minimum atomic E-state index is -2.21. The van der Waals surface area contributed by atoms with Crippen LogP contribution in [0.25, 0.3) is 0 Å². The molecule has 0 bridgehead atoms. The highest BCUT2D eigenvalue weighted by Crippen LogP contribution is 2.05. The molecule has 0 aliphatic rings. The van der Waals surface area contributed by atoms with Crippen LogP contribution in [0, 0.1) is 0 Å². The minimum absolute atomic E-state index is 0.161. The number of hydrogen-bond donors (Lipinski definition) is 0. The van der Waals surface area contributed by atoms with Crippen molar-refractivity contribution in [3.8, 4) is 0 Å². The van der Waals surface area contributed by atoms with Crippen molar-refractivity contribution in [3.05, 3.63) is 12.2 Å². The van der Waals surface area contributed by atoms with Crippen molar-refractivity contribution in [2.75, 3.05) is 0 Å². The van der Waals surface area contributed by atoms with Gasteiger partial charge in [0.1, 0.15) is 6.33 Å². The van der Waals surface area contributed by atoms with Crippen molar-refractivity contribution in [3.63, 3.8) is 0 Å². The normalized spacial score (nSPS) is 17.0. The predicted octanol–water partition coefficient (Wildman–Crippen LogP) is 0.938. The van der Waals surface area contributed by atoms with Gasteiger partial charge in [0, 0.05) is 17.0 Å². The van der Waals surface area contributed by atoms with Gasteiger partial charge in [-0.05, 0) is 0 Å². The van der Waals surface area contributed by atoms with Crippen molar-refractivity contribution in [1.29, 1.82) is 0 Å². The zero-order valence-electron chi connectivity index (χ0n) is 8.50. The Bertz CT molecular complexity index is 263. The second-order valence-electron chi connectivity index (χ2n) is 2.20. The molecule has 0 atom stereocenters. The molecule has 0 saturated carbocycles. The average molecular weight is 128 g/mol. The van der Waals surface area contributed by atoms with Gasteiger partial charge >= 0.3 is 0 Å². The van der Waals surface area contributed by atoms with Gasteiger partial charge in [0.2, 0.25) is 0 Å². The van der Waals surface area contributed by atoms with E-state index in [0.29, 0.717) is 5.82 Å². The van der Waals surface area contributed by atoms with E-state index >= 15 is 0 Å². The van der Waals surface area contributed by atoms with E-state index in [-0.39, 0.29) is 5.92 Å². The lowest BCUT2D eigenvalue weighted by Crippen LogP contribution is -1.93. The van der Waals surface area contributed by atoms with E-state index < -0.39 is 6.98 Å². The molecule has 1 heterocycles. The van der Waals surface area contributed by atoms with Crippen LogP contribution in [0.3, 0.4) is 0 Å². The summed E-state index contributed by atoms with van der Waals surface area (Å²) in [4.78, 5) is 3.87. The van der Waals surface area contributed by atoms with Gasteiger partial charge in [-0.25, -0.2) is 4.98 Å². The monoisotopic (exact) mass is 128 g/mol. The first-order valence-corrected chi connectivity index (χ1v) is 2.83. The third-order valence-corrected chi connectivity index (χ3v) is 1.03. The van der Waals surface area contributed by atoms with E-state index in [1.54, 1.807) is 0 Å². The van der Waals surface area contributed by atoms with E-state index in [0.717, 1.165) is 4.68 Å². The number of aryl methyl sites for hydroxylation is 1. The van der Waals surface area contributed by atoms with Crippen LogP contribution in [0.1, 0.15) is 29.7 Å². The molecule has 0 unspecified atom stereocenters. The SMILES string of the molecule is [2H]C([2H])([2H])n1cnc(C(C)C)n1. The zero-order chi connectivity index (χ0) is 9.35. The summed E-state index contributed by atoms with van der Waals surface area (Å²) in [5.74, 6) is 0.722. The average Bonchev–Trinajstić information content (AvgIpc) is 2.30. The summed E-state index contributed by atoms with van der Waals surface area (Å²) in [5.41, 5.74) is 0. The van der Waals surface area contributed by atoms with Gasteiger partial charge in [0.15, 0.2) is 5.82 Å². The van der Waals surface area contributed by atoms with E-state index in [2.05, 4.69) is 10.1 Å². The van der Waals surface area contributed by atoms with Gasteiger partial charge in [-0.3, -0.25) is 4.68 Å².